The molecule has 31 heavy (non-hydrogen) atoms. The van der Waals surface area contributed by atoms with Crippen LogP contribution < -0.4 is 11.1 Å². The van der Waals surface area contributed by atoms with E-state index in [4.69, 9.17) is 15.2 Å². The number of carbonyl (C=O) groups is 2. The van der Waals surface area contributed by atoms with E-state index in [0.29, 0.717) is 17.0 Å². The SMILES string of the molecule is CCOC(=O)C1=C(CN=C(N)[Se])NC(C)=C(C(=O)OC)C1c1cccc([N+](=O)[O-])c1.Cl. The average molecular weight is 517 g/mol. The number of amidine groups is 1. The summed E-state index contributed by atoms with van der Waals surface area (Å²) in [5.74, 6) is -2.31. The molecule has 1 aromatic carbocycles. The molecule has 2 rings (SSSR count). The van der Waals surface area contributed by atoms with E-state index in [9.17, 15) is 19.7 Å². The molecule has 0 amide bonds. The van der Waals surface area contributed by atoms with E-state index in [2.05, 4.69) is 26.3 Å². The summed E-state index contributed by atoms with van der Waals surface area (Å²) in [6, 6.07) is 5.72. The zero-order chi connectivity index (χ0) is 22.4. The molecule has 0 aliphatic carbocycles. The maximum atomic E-state index is 12.9. The second-order valence-electron chi connectivity index (χ2n) is 6.21. The molecule has 1 unspecified atom stereocenters. The van der Waals surface area contributed by atoms with Gasteiger partial charge in [0.1, 0.15) is 0 Å². The van der Waals surface area contributed by atoms with Crippen molar-refractivity contribution in [1.29, 1.82) is 0 Å². The van der Waals surface area contributed by atoms with Gasteiger partial charge in [-0.2, -0.15) is 0 Å². The van der Waals surface area contributed by atoms with Crippen molar-refractivity contribution in [3.05, 3.63) is 62.5 Å². The summed E-state index contributed by atoms with van der Waals surface area (Å²) in [7, 11) is 1.22. The summed E-state index contributed by atoms with van der Waals surface area (Å²) in [6.07, 6.45) is 0. The van der Waals surface area contributed by atoms with Crippen LogP contribution in [0.25, 0.3) is 0 Å². The summed E-state index contributed by atoms with van der Waals surface area (Å²) >= 11 is 2.56. The number of rotatable bonds is 7. The van der Waals surface area contributed by atoms with Crippen LogP contribution >= 0.6 is 12.4 Å². The number of nitrogens with zero attached hydrogens (tertiary/aromatic N) is 2. The van der Waals surface area contributed by atoms with Crippen molar-refractivity contribution in [1.82, 2.24) is 5.32 Å². The molecule has 167 valence electrons. The van der Waals surface area contributed by atoms with E-state index >= 15 is 0 Å². The van der Waals surface area contributed by atoms with E-state index in [0.717, 1.165) is 0 Å². The molecule has 10 nitrogen and oxygen atoms in total. The van der Waals surface area contributed by atoms with Crippen LogP contribution in [0.3, 0.4) is 0 Å². The Balaban J connectivity index is 0.00000480. The number of aliphatic imine (C=N–C) groups is 1. The minimum atomic E-state index is -0.954. The second-order valence-corrected chi connectivity index (χ2v) is 7.09. The predicted molar refractivity (Wildman–Crippen MR) is 117 cm³/mol. The van der Waals surface area contributed by atoms with Gasteiger partial charge in [-0.3, -0.25) is 0 Å². The number of halogens is 1. The minimum absolute atomic E-state index is 0. The molecular weight excluding hydrogens is 495 g/mol. The smallest absolute Gasteiger partial charge is 0.147 e. The van der Waals surface area contributed by atoms with Crippen molar-refractivity contribution in [2.45, 2.75) is 19.8 Å². The van der Waals surface area contributed by atoms with Crippen molar-refractivity contribution < 1.29 is 24.0 Å². The Labute approximate surface area is 193 Å². The summed E-state index contributed by atoms with van der Waals surface area (Å²) < 4.78 is 10.3. The van der Waals surface area contributed by atoms with Gasteiger partial charge in [0.15, 0.2) is 0 Å². The molecule has 0 spiro atoms. The van der Waals surface area contributed by atoms with Crippen LogP contribution in [-0.4, -0.2) is 57.9 Å². The molecule has 0 saturated heterocycles. The van der Waals surface area contributed by atoms with Crippen LogP contribution in [0.1, 0.15) is 25.3 Å². The number of allylic oxidation sites excluding steroid dienone is 1. The summed E-state index contributed by atoms with van der Waals surface area (Å²) in [5.41, 5.74) is 6.82. The Hall–Kier alpha value is -2.88. The summed E-state index contributed by atoms with van der Waals surface area (Å²) in [5, 5.41) is 14.3. The fourth-order valence-corrected chi connectivity index (χ4v) is 3.30. The number of methoxy groups -OCH3 is 1. The first kappa shape index (κ1) is 26.2. The molecule has 1 aromatic rings. The van der Waals surface area contributed by atoms with E-state index < -0.39 is 22.8 Å². The van der Waals surface area contributed by atoms with E-state index in [1.807, 2.05) is 0 Å². The molecular formula is C19H22ClN4O6Se. The number of nitro benzene ring substituents is 1. The third kappa shape index (κ3) is 6.06. The number of hydrogen-bond acceptors (Lipinski definition) is 8. The molecule has 0 aromatic heterocycles. The van der Waals surface area contributed by atoms with Crippen LogP contribution in [-0.2, 0) is 19.1 Å². The summed E-state index contributed by atoms with van der Waals surface area (Å²) in [6.45, 7) is 3.39. The first-order valence-corrected chi connectivity index (χ1v) is 9.74. The van der Waals surface area contributed by atoms with Crippen LogP contribution in [0.15, 0.2) is 51.8 Å². The number of ether oxygens (including phenoxy) is 2. The zero-order valence-electron chi connectivity index (χ0n) is 17.0. The molecule has 0 fully saturated rings. The van der Waals surface area contributed by atoms with Gasteiger partial charge in [0, 0.05) is 0 Å². The number of nitrogens with one attached hydrogen (secondary N) is 1. The third-order valence-electron chi connectivity index (χ3n) is 4.35. The van der Waals surface area contributed by atoms with Gasteiger partial charge >= 0.3 is 181 Å². The zero-order valence-corrected chi connectivity index (χ0v) is 19.6. The van der Waals surface area contributed by atoms with Crippen molar-refractivity contribution in [2.75, 3.05) is 20.3 Å². The molecule has 0 saturated carbocycles. The van der Waals surface area contributed by atoms with Crippen LogP contribution in [0.2, 0.25) is 0 Å². The molecule has 1 aliphatic heterocycles. The van der Waals surface area contributed by atoms with Crippen molar-refractivity contribution in [3.8, 4) is 0 Å². The Kier molecular flexibility index (Phi) is 9.70. The predicted octanol–water partition coefficient (Wildman–Crippen LogP) is 1.45. The largest absolute Gasteiger partial charge is 0.147 e. The molecule has 1 radical (unpaired) electrons. The number of benzene rings is 1. The standard InChI is InChI=1S/C19H21N4O6Se.ClH/c1-4-29-18(25)16-13(9-21-19(20)30)22-10(2)14(17(24)28-3)15(16)11-6-5-7-12(8-11)23(26)27;/h5-8,15,22H,4,9H2,1-3H3,(H2,20,21);1H. The number of carbonyl (C=O) groups excluding carboxylic acids is 2. The number of dihydropyridines is 1. The Bertz CT molecular complexity index is 972. The van der Waals surface area contributed by atoms with Gasteiger partial charge in [-0.05, 0) is 0 Å². The summed E-state index contributed by atoms with van der Waals surface area (Å²) in [4.78, 5) is 40.3. The topological polar surface area (TPSA) is 146 Å². The number of nitrogens with two attached hydrogens (primary N) is 1. The molecule has 3 N–H and O–H groups in total. The molecule has 1 aliphatic rings. The average Bonchev–Trinajstić information content (AvgIpc) is 2.71. The van der Waals surface area contributed by atoms with Gasteiger partial charge in [0.05, 0.1) is 0 Å². The Morgan fingerprint density at radius 3 is 2.55 bits per heavy atom. The fourth-order valence-electron chi connectivity index (χ4n) is 3.16. The van der Waals surface area contributed by atoms with Crippen molar-refractivity contribution in [3.63, 3.8) is 0 Å². The van der Waals surface area contributed by atoms with Gasteiger partial charge in [-0.15, -0.1) is 12.4 Å². The van der Waals surface area contributed by atoms with Gasteiger partial charge in [-0.25, -0.2) is 0 Å². The molecule has 12 heteroatoms. The monoisotopic (exact) mass is 517 g/mol. The van der Waals surface area contributed by atoms with Gasteiger partial charge in [-0.1, -0.05) is 0 Å². The first-order valence-electron chi connectivity index (χ1n) is 8.88. The normalized spacial score (nSPS) is 16.2. The van der Waals surface area contributed by atoms with E-state index in [1.54, 1.807) is 19.9 Å². The first-order chi connectivity index (χ1) is 14.2. The Morgan fingerprint density at radius 2 is 2.00 bits per heavy atom. The maximum absolute atomic E-state index is 12.9. The van der Waals surface area contributed by atoms with Crippen molar-refractivity contribution >= 4 is 50.8 Å². The molecule has 0 bridgehead atoms. The number of esters is 2. The van der Waals surface area contributed by atoms with Gasteiger partial charge in [0.2, 0.25) is 0 Å². The second kappa shape index (κ2) is 11.5. The quantitative estimate of drug-likeness (QED) is 0.138. The van der Waals surface area contributed by atoms with Crippen LogP contribution in [0, 0.1) is 10.1 Å². The van der Waals surface area contributed by atoms with E-state index in [-0.39, 0.29) is 47.1 Å². The number of nitro groups is 1. The third-order valence-corrected chi connectivity index (χ3v) is 4.62. The van der Waals surface area contributed by atoms with Crippen molar-refractivity contribution in [2.24, 2.45) is 10.7 Å². The van der Waals surface area contributed by atoms with Gasteiger partial charge < -0.3 is 0 Å². The van der Waals surface area contributed by atoms with E-state index in [1.165, 1.54) is 25.3 Å². The molecule has 1 atom stereocenters. The number of hydrogen-bond donors (Lipinski definition) is 2. The van der Waals surface area contributed by atoms with Gasteiger partial charge in [0.25, 0.3) is 0 Å². The van der Waals surface area contributed by atoms with Crippen LogP contribution in [0.4, 0.5) is 5.69 Å². The Morgan fingerprint density at radius 1 is 1.32 bits per heavy atom. The molecule has 1 heterocycles. The minimum Gasteiger partial charge on any atom is -0.147 e. The fraction of sp³-hybridized carbons (Fsp3) is 0.316. The number of non-ortho nitro benzene ring substituents is 1. The van der Waals surface area contributed by atoms with Crippen LogP contribution in [0.5, 0.6) is 0 Å². The maximum Gasteiger partial charge on any atom is -0.147 e.